The highest BCUT2D eigenvalue weighted by atomic mass is 19.1. The van der Waals surface area contributed by atoms with Crippen molar-refractivity contribution in [2.45, 2.75) is 59.0 Å². The summed E-state index contributed by atoms with van der Waals surface area (Å²) >= 11 is 0. The lowest BCUT2D eigenvalue weighted by Gasteiger charge is -2.37. The van der Waals surface area contributed by atoms with Gasteiger partial charge in [-0.2, -0.15) is 0 Å². The van der Waals surface area contributed by atoms with Crippen molar-refractivity contribution in [2.24, 2.45) is 5.41 Å². The third-order valence-corrected chi connectivity index (χ3v) is 6.62. The first-order valence-corrected chi connectivity index (χ1v) is 11.8. The first-order chi connectivity index (χ1) is 15.3. The number of hydrogen-bond donors (Lipinski definition) is 0. The number of benzene rings is 1. The van der Waals surface area contributed by atoms with E-state index in [9.17, 15) is 9.18 Å². The minimum Gasteiger partial charge on any atom is -0.357 e. The maximum atomic E-state index is 13.4. The van der Waals surface area contributed by atoms with Crippen molar-refractivity contribution in [2.75, 3.05) is 36.0 Å². The van der Waals surface area contributed by atoms with E-state index in [1.807, 2.05) is 27.0 Å². The Morgan fingerprint density at radius 2 is 1.69 bits per heavy atom. The molecule has 32 heavy (non-hydrogen) atoms. The Balaban J connectivity index is 1.43. The van der Waals surface area contributed by atoms with Crippen molar-refractivity contribution in [1.29, 1.82) is 0 Å². The average Bonchev–Trinajstić information content (AvgIpc) is 3.33. The minimum absolute atomic E-state index is 0.00262. The number of nitrogens with zero attached hydrogens (tertiary/aromatic N) is 4. The van der Waals surface area contributed by atoms with E-state index >= 15 is 0 Å². The summed E-state index contributed by atoms with van der Waals surface area (Å²) in [4.78, 5) is 24.6. The minimum atomic E-state index is -0.540. The summed E-state index contributed by atoms with van der Waals surface area (Å²) < 4.78 is 13.4. The van der Waals surface area contributed by atoms with Gasteiger partial charge in [0.25, 0.3) is 0 Å². The van der Waals surface area contributed by atoms with E-state index in [2.05, 4.69) is 21.9 Å². The molecule has 0 radical (unpaired) electrons. The van der Waals surface area contributed by atoms with Gasteiger partial charge >= 0.3 is 0 Å². The van der Waals surface area contributed by atoms with E-state index in [0.717, 1.165) is 30.5 Å². The molecule has 172 valence electrons. The molecule has 2 saturated heterocycles. The largest absolute Gasteiger partial charge is 0.357 e. The highest BCUT2D eigenvalue weighted by Crippen LogP contribution is 2.27. The Hall–Kier alpha value is -2.47. The third kappa shape index (κ3) is 5.29. The van der Waals surface area contributed by atoms with Crippen LogP contribution in [0.5, 0.6) is 0 Å². The SMILES string of the molecule is CC(C)(C)C(=O)N(Cc1ccc(N2CCC(N3CCCC3)CC2)nc1)c1ccc(F)cc1. The van der Waals surface area contributed by atoms with Gasteiger partial charge in [-0.25, -0.2) is 9.37 Å². The zero-order chi connectivity index (χ0) is 22.7. The second-order valence-corrected chi connectivity index (χ2v) is 10.1. The highest BCUT2D eigenvalue weighted by Gasteiger charge is 2.29. The summed E-state index contributed by atoms with van der Waals surface area (Å²) in [7, 11) is 0. The molecule has 0 aliphatic carbocycles. The van der Waals surface area contributed by atoms with Crippen LogP contribution < -0.4 is 9.80 Å². The molecule has 5 nitrogen and oxygen atoms in total. The molecule has 1 amide bonds. The van der Waals surface area contributed by atoms with Gasteiger partial charge in [-0.1, -0.05) is 26.8 Å². The number of carbonyl (C=O) groups is 1. The van der Waals surface area contributed by atoms with E-state index in [4.69, 9.17) is 4.98 Å². The fourth-order valence-corrected chi connectivity index (χ4v) is 4.75. The van der Waals surface area contributed by atoms with Crippen LogP contribution in [0.3, 0.4) is 0 Å². The molecule has 1 aromatic heterocycles. The fraction of sp³-hybridized carbons (Fsp3) is 0.538. The maximum absolute atomic E-state index is 13.4. The van der Waals surface area contributed by atoms with Crippen molar-refractivity contribution in [3.05, 3.63) is 54.0 Å². The van der Waals surface area contributed by atoms with Crippen molar-refractivity contribution in [3.8, 4) is 0 Å². The standard InChI is InChI=1S/C26H35FN4O/c1-26(2,3)25(32)31(23-9-7-21(27)8-10-23)19-20-6-11-24(28-18-20)30-16-12-22(13-17-30)29-14-4-5-15-29/h6-11,18,22H,4-5,12-17,19H2,1-3H3. The number of hydrogen-bond acceptors (Lipinski definition) is 4. The van der Waals surface area contributed by atoms with Gasteiger partial charge in [-0.15, -0.1) is 0 Å². The molecule has 2 fully saturated rings. The van der Waals surface area contributed by atoms with Crippen molar-refractivity contribution >= 4 is 17.4 Å². The van der Waals surface area contributed by atoms with Gasteiger partial charge in [0, 0.05) is 36.4 Å². The van der Waals surface area contributed by atoms with Crippen molar-refractivity contribution in [3.63, 3.8) is 0 Å². The van der Waals surface area contributed by atoms with Crippen LogP contribution in [0.2, 0.25) is 0 Å². The summed E-state index contributed by atoms with van der Waals surface area (Å²) in [6.45, 7) is 10.7. The van der Waals surface area contributed by atoms with E-state index in [0.29, 0.717) is 12.2 Å². The van der Waals surface area contributed by atoms with E-state index in [1.54, 1.807) is 17.0 Å². The normalized spacial score (nSPS) is 18.2. The lowest BCUT2D eigenvalue weighted by atomic mass is 9.94. The van der Waals surface area contributed by atoms with Gasteiger partial charge in [0.15, 0.2) is 0 Å². The van der Waals surface area contributed by atoms with Crippen LogP contribution in [0, 0.1) is 11.2 Å². The number of halogens is 1. The number of rotatable bonds is 5. The second-order valence-electron chi connectivity index (χ2n) is 10.1. The molecule has 0 N–H and O–H groups in total. The van der Waals surface area contributed by atoms with Crippen LogP contribution in [0.15, 0.2) is 42.6 Å². The van der Waals surface area contributed by atoms with Crippen molar-refractivity contribution in [1.82, 2.24) is 9.88 Å². The second kappa shape index (κ2) is 9.57. The van der Waals surface area contributed by atoms with Gasteiger partial charge in [-0.3, -0.25) is 4.79 Å². The number of aromatic nitrogens is 1. The van der Waals surface area contributed by atoms with Gasteiger partial charge in [-0.05, 0) is 74.7 Å². The molecule has 0 bridgehead atoms. The van der Waals surface area contributed by atoms with Crippen LogP contribution in [-0.2, 0) is 11.3 Å². The predicted octanol–water partition coefficient (Wildman–Crippen LogP) is 4.86. The number of amides is 1. The first-order valence-electron chi connectivity index (χ1n) is 11.8. The lowest BCUT2D eigenvalue weighted by Crippen LogP contribution is -2.44. The molecule has 0 saturated carbocycles. The fourth-order valence-electron chi connectivity index (χ4n) is 4.75. The van der Waals surface area contributed by atoms with Gasteiger partial charge in [0.05, 0.1) is 6.54 Å². The van der Waals surface area contributed by atoms with E-state index in [-0.39, 0.29) is 11.7 Å². The van der Waals surface area contributed by atoms with Crippen LogP contribution in [-0.4, -0.2) is 48.0 Å². The molecule has 4 rings (SSSR count). The number of piperidine rings is 1. The van der Waals surface area contributed by atoms with Crippen LogP contribution in [0.4, 0.5) is 15.9 Å². The number of pyridine rings is 1. The maximum Gasteiger partial charge on any atom is 0.232 e. The quantitative estimate of drug-likeness (QED) is 0.668. The highest BCUT2D eigenvalue weighted by molar-refractivity contribution is 5.96. The number of anilines is 2. The van der Waals surface area contributed by atoms with E-state index < -0.39 is 5.41 Å². The number of likely N-dealkylation sites (tertiary alicyclic amines) is 1. The molecule has 2 aromatic rings. The Morgan fingerprint density at radius 3 is 2.25 bits per heavy atom. The van der Waals surface area contributed by atoms with Gasteiger partial charge < -0.3 is 14.7 Å². The Morgan fingerprint density at radius 1 is 1.03 bits per heavy atom. The van der Waals surface area contributed by atoms with Crippen LogP contribution >= 0.6 is 0 Å². The average molecular weight is 439 g/mol. The zero-order valence-electron chi connectivity index (χ0n) is 19.6. The molecule has 2 aliphatic heterocycles. The Kier molecular flexibility index (Phi) is 6.79. The molecule has 0 atom stereocenters. The molecular formula is C26H35FN4O. The zero-order valence-corrected chi connectivity index (χ0v) is 19.6. The van der Waals surface area contributed by atoms with Crippen LogP contribution in [0.1, 0.15) is 52.0 Å². The molecule has 1 aromatic carbocycles. The Labute approximate surface area is 191 Å². The first kappa shape index (κ1) is 22.7. The molecule has 2 aliphatic rings. The summed E-state index contributed by atoms with van der Waals surface area (Å²) in [5.41, 5.74) is 1.11. The summed E-state index contributed by atoms with van der Waals surface area (Å²) in [5.74, 6) is 0.692. The molecule has 0 unspecified atom stereocenters. The third-order valence-electron chi connectivity index (χ3n) is 6.62. The molecule has 6 heteroatoms. The van der Waals surface area contributed by atoms with Gasteiger partial charge in [0.2, 0.25) is 5.91 Å². The molecular weight excluding hydrogens is 403 g/mol. The summed E-state index contributed by atoms with van der Waals surface area (Å²) in [5, 5.41) is 0. The smallest absolute Gasteiger partial charge is 0.232 e. The summed E-state index contributed by atoms with van der Waals surface area (Å²) in [6, 6.07) is 10.9. The Bertz CT molecular complexity index is 893. The lowest BCUT2D eigenvalue weighted by molar-refractivity contribution is -0.125. The predicted molar refractivity (Wildman–Crippen MR) is 127 cm³/mol. The van der Waals surface area contributed by atoms with Gasteiger partial charge in [0.1, 0.15) is 11.6 Å². The van der Waals surface area contributed by atoms with Crippen LogP contribution in [0.25, 0.3) is 0 Å². The topological polar surface area (TPSA) is 39.7 Å². The monoisotopic (exact) mass is 438 g/mol. The number of carbonyl (C=O) groups excluding carboxylic acids is 1. The van der Waals surface area contributed by atoms with E-state index in [1.165, 1.54) is 50.9 Å². The molecule has 3 heterocycles. The summed E-state index contributed by atoms with van der Waals surface area (Å²) in [6.07, 6.45) is 6.95. The van der Waals surface area contributed by atoms with Crippen molar-refractivity contribution < 1.29 is 9.18 Å². The molecule has 0 spiro atoms.